The number of halogens is 1. The van der Waals surface area contributed by atoms with E-state index in [0.717, 1.165) is 23.2 Å². The molecule has 112 valence electrons. The van der Waals surface area contributed by atoms with Crippen LogP contribution in [0.3, 0.4) is 0 Å². The van der Waals surface area contributed by atoms with Gasteiger partial charge >= 0.3 is 0 Å². The standard InChI is InChI=1S/C14H21BrN2O2S/c1-2-6-16-12-9-19-8-11(12)14(18)17-7-5-10-3-4-13(15)20-10/h3-4,11-12,16H,2,5-9H2,1H3,(H,17,18). The largest absolute Gasteiger partial charge is 0.379 e. The number of carbonyl (C=O) groups is 1. The van der Waals surface area contributed by atoms with Crippen molar-refractivity contribution >= 4 is 33.2 Å². The minimum atomic E-state index is -0.0587. The molecule has 2 N–H and O–H groups in total. The highest BCUT2D eigenvalue weighted by atomic mass is 79.9. The molecule has 2 atom stereocenters. The smallest absolute Gasteiger partial charge is 0.227 e. The monoisotopic (exact) mass is 360 g/mol. The van der Waals surface area contributed by atoms with Crippen LogP contribution < -0.4 is 10.6 Å². The summed E-state index contributed by atoms with van der Waals surface area (Å²) in [6.45, 7) is 4.90. The van der Waals surface area contributed by atoms with Crippen LogP contribution in [0.2, 0.25) is 0 Å². The number of carbonyl (C=O) groups excluding carboxylic acids is 1. The Bertz CT molecular complexity index is 439. The SMILES string of the molecule is CCCNC1COCC1C(=O)NCCc1ccc(Br)s1. The van der Waals surface area contributed by atoms with Gasteiger partial charge in [-0.3, -0.25) is 4.79 Å². The van der Waals surface area contributed by atoms with E-state index in [1.807, 2.05) is 6.07 Å². The van der Waals surface area contributed by atoms with Gasteiger partial charge in [-0.1, -0.05) is 6.92 Å². The molecule has 2 heterocycles. The average Bonchev–Trinajstić information content (AvgIpc) is 3.05. The molecule has 0 spiro atoms. The maximum atomic E-state index is 12.2. The highest BCUT2D eigenvalue weighted by Gasteiger charge is 2.33. The van der Waals surface area contributed by atoms with Gasteiger partial charge in [0.05, 0.1) is 22.9 Å². The lowest BCUT2D eigenvalue weighted by atomic mass is 10.0. The third-order valence-electron chi connectivity index (χ3n) is 3.37. The van der Waals surface area contributed by atoms with Gasteiger partial charge in [-0.05, 0) is 47.4 Å². The van der Waals surface area contributed by atoms with Crippen LogP contribution in [-0.4, -0.2) is 38.3 Å². The van der Waals surface area contributed by atoms with Crippen molar-refractivity contribution in [3.63, 3.8) is 0 Å². The van der Waals surface area contributed by atoms with E-state index >= 15 is 0 Å². The normalized spacial score (nSPS) is 22.1. The fourth-order valence-electron chi connectivity index (χ4n) is 2.27. The number of hydrogen-bond acceptors (Lipinski definition) is 4. The number of hydrogen-bond donors (Lipinski definition) is 2. The van der Waals surface area contributed by atoms with E-state index in [1.165, 1.54) is 4.88 Å². The predicted molar refractivity (Wildman–Crippen MR) is 85.1 cm³/mol. The van der Waals surface area contributed by atoms with E-state index in [2.05, 4.69) is 39.6 Å². The first-order chi connectivity index (χ1) is 9.70. The van der Waals surface area contributed by atoms with Crippen molar-refractivity contribution in [2.75, 3.05) is 26.3 Å². The lowest BCUT2D eigenvalue weighted by Gasteiger charge is -2.18. The predicted octanol–water partition coefficient (Wildman–Crippen LogP) is 2.18. The Kier molecular flexibility index (Phi) is 6.48. The van der Waals surface area contributed by atoms with Crippen LogP contribution in [0.1, 0.15) is 18.2 Å². The Hall–Kier alpha value is -0.430. The van der Waals surface area contributed by atoms with Crippen LogP contribution in [0.4, 0.5) is 0 Å². The molecule has 0 aromatic carbocycles. The average molecular weight is 361 g/mol. The van der Waals surface area contributed by atoms with Crippen LogP contribution in [0.15, 0.2) is 15.9 Å². The zero-order valence-electron chi connectivity index (χ0n) is 11.7. The van der Waals surface area contributed by atoms with Crippen LogP contribution in [0, 0.1) is 5.92 Å². The van der Waals surface area contributed by atoms with Crippen molar-refractivity contribution in [1.82, 2.24) is 10.6 Å². The summed E-state index contributed by atoms with van der Waals surface area (Å²) in [7, 11) is 0. The zero-order valence-corrected chi connectivity index (χ0v) is 14.1. The first-order valence-electron chi connectivity index (χ1n) is 7.03. The van der Waals surface area contributed by atoms with Gasteiger partial charge in [-0.2, -0.15) is 0 Å². The first-order valence-corrected chi connectivity index (χ1v) is 8.64. The maximum Gasteiger partial charge on any atom is 0.227 e. The van der Waals surface area contributed by atoms with E-state index in [0.29, 0.717) is 19.8 Å². The van der Waals surface area contributed by atoms with E-state index < -0.39 is 0 Å². The summed E-state index contributed by atoms with van der Waals surface area (Å²) < 4.78 is 6.56. The Labute approximate surface area is 132 Å². The van der Waals surface area contributed by atoms with Crippen molar-refractivity contribution in [2.45, 2.75) is 25.8 Å². The number of nitrogens with one attached hydrogen (secondary N) is 2. The first kappa shape index (κ1) is 15.9. The summed E-state index contributed by atoms with van der Waals surface area (Å²) in [4.78, 5) is 13.5. The second-order valence-corrected chi connectivity index (χ2v) is 7.50. The van der Waals surface area contributed by atoms with Gasteiger partial charge < -0.3 is 15.4 Å². The van der Waals surface area contributed by atoms with Crippen molar-refractivity contribution < 1.29 is 9.53 Å². The van der Waals surface area contributed by atoms with Crippen LogP contribution in [-0.2, 0) is 16.0 Å². The Morgan fingerprint density at radius 1 is 1.45 bits per heavy atom. The highest BCUT2D eigenvalue weighted by molar-refractivity contribution is 9.11. The van der Waals surface area contributed by atoms with Crippen molar-refractivity contribution in [1.29, 1.82) is 0 Å². The summed E-state index contributed by atoms with van der Waals surface area (Å²) in [5.41, 5.74) is 0. The fourth-order valence-corrected chi connectivity index (χ4v) is 3.75. The van der Waals surface area contributed by atoms with Crippen molar-refractivity contribution in [2.24, 2.45) is 5.92 Å². The van der Waals surface area contributed by atoms with Crippen LogP contribution in [0.5, 0.6) is 0 Å². The van der Waals surface area contributed by atoms with Crippen LogP contribution in [0.25, 0.3) is 0 Å². The number of ether oxygens (including phenoxy) is 1. The fraction of sp³-hybridized carbons (Fsp3) is 0.643. The third kappa shape index (κ3) is 4.55. The minimum Gasteiger partial charge on any atom is -0.379 e. The molecule has 1 fully saturated rings. The Morgan fingerprint density at radius 2 is 2.30 bits per heavy atom. The molecule has 0 aliphatic carbocycles. The second kappa shape index (κ2) is 8.12. The Balaban J connectivity index is 1.73. The van der Waals surface area contributed by atoms with Gasteiger partial charge in [0, 0.05) is 17.5 Å². The highest BCUT2D eigenvalue weighted by Crippen LogP contribution is 2.22. The summed E-state index contributed by atoms with van der Waals surface area (Å²) in [5, 5.41) is 6.40. The van der Waals surface area contributed by atoms with Gasteiger partial charge in [-0.15, -0.1) is 11.3 Å². The molecule has 2 unspecified atom stereocenters. The van der Waals surface area contributed by atoms with Crippen molar-refractivity contribution in [3.05, 3.63) is 20.8 Å². The third-order valence-corrected chi connectivity index (χ3v) is 5.06. The minimum absolute atomic E-state index is 0.0587. The molecule has 0 bridgehead atoms. The molecule has 1 aliphatic heterocycles. The zero-order chi connectivity index (χ0) is 14.4. The molecule has 0 radical (unpaired) electrons. The molecule has 2 rings (SSSR count). The van der Waals surface area contributed by atoms with Gasteiger partial charge in [0.1, 0.15) is 0 Å². The van der Waals surface area contributed by atoms with E-state index in [4.69, 9.17) is 4.74 Å². The van der Waals surface area contributed by atoms with Crippen LogP contribution >= 0.6 is 27.3 Å². The molecule has 1 amide bonds. The van der Waals surface area contributed by atoms with Crippen molar-refractivity contribution in [3.8, 4) is 0 Å². The lowest BCUT2D eigenvalue weighted by Crippen LogP contribution is -2.44. The molecule has 1 aromatic rings. The van der Waals surface area contributed by atoms with E-state index in [1.54, 1.807) is 11.3 Å². The maximum absolute atomic E-state index is 12.2. The molecule has 1 saturated heterocycles. The summed E-state index contributed by atoms with van der Waals surface area (Å²) in [5.74, 6) is 0.0448. The number of thiophene rings is 1. The summed E-state index contributed by atoms with van der Waals surface area (Å²) in [6.07, 6.45) is 1.95. The molecular formula is C14H21BrN2O2S. The van der Waals surface area contributed by atoms with Gasteiger partial charge in [0.25, 0.3) is 0 Å². The van der Waals surface area contributed by atoms with Gasteiger partial charge in [-0.25, -0.2) is 0 Å². The van der Waals surface area contributed by atoms with Gasteiger partial charge in [0.2, 0.25) is 5.91 Å². The number of amides is 1. The summed E-state index contributed by atoms with van der Waals surface area (Å²) >= 11 is 5.16. The molecule has 4 nitrogen and oxygen atoms in total. The lowest BCUT2D eigenvalue weighted by molar-refractivity contribution is -0.125. The molecule has 1 aliphatic rings. The number of rotatable bonds is 7. The topological polar surface area (TPSA) is 50.4 Å². The Morgan fingerprint density at radius 3 is 3.00 bits per heavy atom. The molecule has 6 heteroatoms. The molecule has 1 aromatic heterocycles. The van der Waals surface area contributed by atoms with Gasteiger partial charge in [0.15, 0.2) is 0 Å². The second-order valence-electron chi connectivity index (χ2n) is 4.95. The summed E-state index contributed by atoms with van der Waals surface area (Å²) in [6, 6.07) is 4.29. The molecule has 20 heavy (non-hydrogen) atoms. The molecular weight excluding hydrogens is 340 g/mol. The van der Waals surface area contributed by atoms with E-state index in [9.17, 15) is 4.79 Å². The van der Waals surface area contributed by atoms with E-state index in [-0.39, 0.29) is 17.9 Å². The quantitative estimate of drug-likeness (QED) is 0.783. The molecule has 0 saturated carbocycles.